The van der Waals surface area contributed by atoms with Crippen molar-refractivity contribution in [2.45, 2.75) is 18.2 Å². The van der Waals surface area contributed by atoms with Crippen molar-refractivity contribution in [2.24, 2.45) is 0 Å². The second-order valence-electron chi connectivity index (χ2n) is 7.28. The number of rotatable bonds is 10. The molecule has 9 heteroatoms. The molecule has 3 aromatic rings. The Kier molecular flexibility index (Phi) is 8.26. The van der Waals surface area contributed by atoms with Crippen LogP contribution in [0.1, 0.15) is 33.2 Å². The van der Waals surface area contributed by atoms with Crippen molar-refractivity contribution >= 4 is 27.6 Å². The van der Waals surface area contributed by atoms with Gasteiger partial charge in [0.1, 0.15) is 5.75 Å². The highest BCUT2D eigenvalue weighted by Gasteiger charge is 2.15. The van der Waals surface area contributed by atoms with Crippen LogP contribution in [0.3, 0.4) is 0 Å². The number of hydrogen-bond acceptors (Lipinski definition) is 6. The van der Waals surface area contributed by atoms with Crippen LogP contribution in [-0.2, 0) is 21.2 Å². The number of methoxy groups -OCH3 is 1. The highest BCUT2D eigenvalue weighted by atomic mass is 32.2. The van der Waals surface area contributed by atoms with Crippen molar-refractivity contribution in [1.29, 1.82) is 0 Å². The van der Waals surface area contributed by atoms with Gasteiger partial charge in [0.05, 0.1) is 24.2 Å². The Morgan fingerprint density at radius 1 is 0.853 bits per heavy atom. The fourth-order valence-electron chi connectivity index (χ4n) is 3.13. The standard InChI is InChI=1S/C25H26N2O6S/c1-3-33-22-12-14-23(15-13-22)34(30,31)27-21-10-8-19(9-11-21)24(28)26-17-16-18-4-6-20(7-5-18)25(29)32-2/h4-15,27H,3,16-17H2,1-2H3,(H,26,28). The summed E-state index contributed by atoms with van der Waals surface area (Å²) in [5.74, 6) is -0.0767. The molecule has 0 fully saturated rings. The van der Waals surface area contributed by atoms with Gasteiger partial charge in [-0.2, -0.15) is 0 Å². The minimum absolute atomic E-state index is 0.109. The molecule has 34 heavy (non-hydrogen) atoms. The second-order valence-corrected chi connectivity index (χ2v) is 8.96. The van der Waals surface area contributed by atoms with Gasteiger partial charge < -0.3 is 14.8 Å². The topological polar surface area (TPSA) is 111 Å². The van der Waals surface area contributed by atoms with E-state index in [0.29, 0.717) is 42.1 Å². The number of ether oxygens (including phenoxy) is 2. The lowest BCUT2D eigenvalue weighted by molar-refractivity contribution is 0.0600. The molecule has 0 aliphatic heterocycles. The van der Waals surface area contributed by atoms with Gasteiger partial charge in [-0.25, -0.2) is 13.2 Å². The fourth-order valence-corrected chi connectivity index (χ4v) is 4.19. The van der Waals surface area contributed by atoms with Crippen LogP contribution < -0.4 is 14.8 Å². The number of amides is 1. The maximum Gasteiger partial charge on any atom is 0.337 e. The minimum Gasteiger partial charge on any atom is -0.494 e. The Balaban J connectivity index is 1.53. The van der Waals surface area contributed by atoms with E-state index in [1.807, 2.05) is 19.1 Å². The van der Waals surface area contributed by atoms with E-state index in [-0.39, 0.29) is 10.8 Å². The summed E-state index contributed by atoms with van der Waals surface area (Å²) in [6.07, 6.45) is 0.590. The highest BCUT2D eigenvalue weighted by Crippen LogP contribution is 2.20. The lowest BCUT2D eigenvalue weighted by atomic mass is 10.1. The summed E-state index contributed by atoms with van der Waals surface area (Å²) in [6.45, 7) is 2.75. The summed E-state index contributed by atoms with van der Waals surface area (Å²) >= 11 is 0. The maximum atomic E-state index is 12.6. The molecule has 0 aromatic heterocycles. The molecule has 8 nitrogen and oxygen atoms in total. The van der Waals surface area contributed by atoms with Crippen molar-refractivity contribution < 1.29 is 27.5 Å². The Bertz CT molecular complexity index is 1220. The summed E-state index contributed by atoms with van der Waals surface area (Å²) in [4.78, 5) is 24.0. The smallest absolute Gasteiger partial charge is 0.337 e. The van der Waals surface area contributed by atoms with Gasteiger partial charge in [-0.3, -0.25) is 9.52 Å². The maximum absolute atomic E-state index is 12.6. The Labute approximate surface area is 199 Å². The number of anilines is 1. The quantitative estimate of drug-likeness (QED) is 0.427. The summed E-state index contributed by atoms with van der Waals surface area (Å²) in [7, 11) is -2.44. The van der Waals surface area contributed by atoms with E-state index in [0.717, 1.165) is 5.56 Å². The first-order valence-electron chi connectivity index (χ1n) is 10.6. The summed E-state index contributed by atoms with van der Waals surface area (Å²) in [5, 5.41) is 2.82. The highest BCUT2D eigenvalue weighted by molar-refractivity contribution is 7.92. The zero-order chi connectivity index (χ0) is 24.6. The molecule has 1 amide bonds. The first-order chi connectivity index (χ1) is 16.3. The monoisotopic (exact) mass is 482 g/mol. The van der Waals surface area contributed by atoms with Gasteiger partial charge in [-0.15, -0.1) is 0 Å². The molecule has 3 aromatic carbocycles. The number of benzene rings is 3. The third-order valence-electron chi connectivity index (χ3n) is 4.92. The molecule has 0 aliphatic rings. The summed E-state index contributed by atoms with van der Waals surface area (Å²) in [6, 6.07) is 19.3. The molecule has 0 unspecified atom stereocenters. The van der Waals surface area contributed by atoms with Crippen LogP contribution >= 0.6 is 0 Å². The largest absolute Gasteiger partial charge is 0.494 e. The van der Waals surface area contributed by atoms with E-state index in [4.69, 9.17) is 4.74 Å². The van der Waals surface area contributed by atoms with Crippen LogP contribution in [-0.4, -0.2) is 40.6 Å². The van der Waals surface area contributed by atoms with Crippen molar-refractivity contribution in [3.05, 3.63) is 89.5 Å². The van der Waals surface area contributed by atoms with Crippen LogP contribution in [0.5, 0.6) is 5.75 Å². The summed E-state index contributed by atoms with van der Waals surface area (Å²) in [5.41, 5.74) is 2.18. The zero-order valence-electron chi connectivity index (χ0n) is 18.9. The van der Waals surface area contributed by atoms with Crippen molar-refractivity contribution in [2.75, 3.05) is 25.0 Å². The van der Waals surface area contributed by atoms with E-state index in [9.17, 15) is 18.0 Å². The number of nitrogens with one attached hydrogen (secondary N) is 2. The third kappa shape index (κ3) is 6.58. The van der Waals surface area contributed by atoms with E-state index in [1.165, 1.54) is 31.4 Å². The van der Waals surface area contributed by atoms with E-state index < -0.39 is 16.0 Å². The first-order valence-corrected chi connectivity index (χ1v) is 12.1. The molecule has 0 radical (unpaired) electrons. The number of esters is 1. The van der Waals surface area contributed by atoms with Gasteiger partial charge in [-0.1, -0.05) is 12.1 Å². The van der Waals surface area contributed by atoms with Gasteiger partial charge in [0.2, 0.25) is 0 Å². The number of carbonyl (C=O) groups excluding carboxylic acids is 2. The predicted octanol–water partition coefficient (Wildman–Crippen LogP) is 3.65. The first kappa shape index (κ1) is 24.8. The Hall–Kier alpha value is -3.85. The van der Waals surface area contributed by atoms with Gasteiger partial charge in [-0.05, 0) is 79.6 Å². The SMILES string of the molecule is CCOc1ccc(S(=O)(=O)Nc2ccc(C(=O)NCCc3ccc(C(=O)OC)cc3)cc2)cc1. The molecule has 0 bridgehead atoms. The minimum atomic E-state index is -3.77. The van der Waals surface area contributed by atoms with Crippen LogP contribution in [0, 0.1) is 0 Å². The van der Waals surface area contributed by atoms with E-state index in [2.05, 4.69) is 14.8 Å². The fraction of sp³-hybridized carbons (Fsp3) is 0.200. The molecule has 2 N–H and O–H groups in total. The van der Waals surface area contributed by atoms with E-state index in [1.54, 1.807) is 36.4 Å². The lowest BCUT2D eigenvalue weighted by Crippen LogP contribution is -2.25. The molecule has 0 aliphatic carbocycles. The van der Waals surface area contributed by atoms with Gasteiger partial charge in [0.15, 0.2) is 0 Å². The Morgan fingerprint density at radius 2 is 1.47 bits per heavy atom. The molecular formula is C25H26N2O6S. The number of hydrogen-bond donors (Lipinski definition) is 2. The normalized spacial score (nSPS) is 10.9. The molecule has 0 saturated carbocycles. The van der Waals surface area contributed by atoms with Gasteiger partial charge >= 0.3 is 5.97 Å². The van der Waals surface area contributed by atoms with Gasteiger partial charge in [0.25, 0.3) is 15.9 Å². The predicted molar refractivity (Wildman–Crippen MR) is 129 cm³/mol. The molecule has 0 saturated heterocycles. The zero-order valence-corrected chi connectivity index (χ0v) is 19.7. The van der Waals surface area contributed by atoms with Gasteiger partial charge in [0, 0.05) is 17.8 Å². The lowest BCUT2D eigenvalue weighted by Gasteiger charge is -2.10. The van der Waals surface area contributed by atoms with Crippen LogP contribution in [0.4, 0.5) is 5.69 Å². The van der Waals surface area contributed by atoms with Crippen molar-refractivity contribution in [1.82, 2.24) is 5.32 Å². The molecule has 0 atom stereocenters. The Morgan fingerprint density at radius 3 is 2.06 bits per heavy atom. The van der Waals surface area contributed by atoms with Crippen LogP contribution in [0.15, 0.2) is 77.7 Å². The van der Waals surface area contributed by atoms with E-state index >= 15 is 0 Å². The molecule has 178 valence electrons. The molecular weight excluding hydrogens is 456 g/mol. The average molecular weight is 483 g/mol. The van der Waals surface area contributed by atoms with Crippen molar-refractivity contribution in [3.63, 3.8) is 0 Å². The third-order valence-corrected chi connectivity index (χ3v) is 6.32. The second kappa shape index (κ2) is 11.3. The molecule has 3 rings (SSSR count). The van der Waals surface area contributed by atoms with Crippen LogP contribution in [0.2, 0.25) is 0 Å². The number of carbonyl (C=O) groups is 2. The average Bonchev–Trinajstić information content (AvgIpc) is 2.84. The molecule has 0 spiro atoms. The summed E-state index contributed by atoms with van der Waals surface area (Å²) < 4.78 is 37.7. The van der Waals surface area contributed by atoms with Crippen molar-refractivity contribution in [3.8, 4) is 5.75 Å². The number of sulfonamides is 1. The molecule has 0 heterocycles. The van der Waals surface area contributed by atoms with Crippen LogP contribution in [0.25, 0.3) is 0 Å².